The number of hydrogen-bond donors (Lipinski definition) is 3. The van der Waals surface area contributed by atoms with Gasteiger partial charge in [0.1, 0.15) is 5.54 Å². The first-order valence-corrected chi connectivity index (χ1v) is 8.74. The molecule has 0 aromatic rings. The fourth-order valence-corrected chi connectivity index (χ4v) is 3.35. The summed E-state index contributed by atoms with van der Waals surface area (Å²) in [4.78, 5) is 23.7. The predicted molar refractivity (Wildman–Crippen MR) is 82.2 cm³/mol. The molecule has 116 valence electrons. The summed E-state index contributed by atoms with van der Waals surface area (Å²) in [6, 6.07) is -0.267. The molecule has 2 amide bonds. The van der Waals surface area contributed by atoms with Gasteiger partial charge < -0.3 is 15.7 Å². The predicted octanol–water partition coefficient (Wildman–Crippen LogP) is 2.60. The van der Waals surface area contributed by atoms with Gasteiger partial charge in [0.25, 0.3) is 0 Å². The number of carbonyl (C=O) groups excluding carboxylic acids is 1. The summed E-state index contributed by atoms with van der Waals surface area (Å²) >= 11 is 1.67. The number of hydrogen-bond acceptors (Lipinski definition) is 3. The van der Waals surface area contributed by atoms with E-state index in [0.717, 1.165) is 37.9 Å². The van der Waals surface area contributed by atoms with Gasteiger partial charge in [0.15, 0.2) is 0 Å². The van der Waals surface area contributed by atoms with Gasteiger partial charge in [0.2, 0.25) is 0 Å². The number of urea groups is 1. The van der Waals surface area contributed by atoms with Crippen LogP contribution in [0.2, 0.25) is 0 Å². The summed E-state index contributed by atoms with van der Waals surface area (Å²) in [5.74, 6) is -0.0725. The van der Waals surface area contributed by atoms with Crippen LogP contribution in [-0.4, -0.2) is 40.7 Å². The Kier molecular flexibility index (Phi) is 7.19. The molecule has 0 bridgehead atoms. The van der Waals surface area contributed by atoms with E-state index in [1.54, 1.807) is 11.8 Å². The van der Waals surface area contributed by atoms with Crippen LogP contribution in [0.3, 0.4) is 0 Å². The van der Waals surface area contributed by atoms with Crippen molar-refractivity contribution in [3.8, 4) is 0 Å². The highest BCUT2D eigenvalue weighted by atomic mass is 32.2. The number of nitrogens with one attached hydrogen (secondary N) is 2. The van der Waals surface area contributed by atoms with E-state index >= 15 is 0 Å². The minimum absolute atomic E-state index is 0.0848. The minimum atomic E-state index is -1.09. The van der Waals surface area contributed by atoms with E-state index in [2.05, 4.69) is 10.6 Å². The second-order valence-corrected chi connectivity index (χ2v) is 6.37. The van der Waals surface area contributed by atoms with Crippen LogP contribution in [0.1, 0.15) is 51.9 Å². The van der Waals surface area contributed by atoms with Crippen molar-refractivity contribution in [1.82, 2.24) is 10.6 Å². The Bertz CT molecular complexity index is 328. The number of carbonyl (C=O) groups is 2. The second-order valence-electron chi connectivity index (χ2n) is 5.46. The minimum Gasteiger partial charge on any atom is -0.480 e. The summed E-state index contributed by atoms with van der Waals surface area (Å²) < 4.78 is 0. The Hall–Kier alpha value is -0.910. The average molecular weight is 302 g/mol. The molecule has 0 saturated heterocycles. The topological polar surface area (TPSA) is 78.4 Å². The first-order valence-electron chi connectivity index (χ1n) is 7.35. The molecule has 1 fully saturated rings. The highest BCUT2D eigenvalue weighted by Gasteiger charge is 2.40. The number of amides is 2. The number of carboxylic acid groups (broad SMARTS) is 1. The van der Waals surface area contributed by atoms with Crippen LogP contribution in [-0.2, 0) is 4.79 Å². The van der Waals surface area contributed by atoms with Crippen molar-refractivity contribution >= 4 is 23.8 Å². The zero-order valence-corrected chi connectivity index (χ0v) is 13.2. The van der Waals surface area contributed by atoms with Gasteiger partial charge in [-0.25, -0.2) is 9.59 Å². The van der Waals surface area contributed by atoms with Crippen molar-refractivity contribution in [2.24, 2.45) is 0 Å². The molecule has 1 aliphatic rings. The molecule has 0 spiro atoms. The molecule has 3 N–H and O–H groups in total. The standard InChI is InChI=1S/C14H26N2O3S/c1-3-11(10-20-2)15-13(19)16-14(12(17)18)8-6-4-5-7-9-14/h11H,3-10H2,1-2H3,(H,17,18)(H2,15,16,19). The normalized spacial score (nSPS) is 19.7. The maximum atomic E-state index is 12.1. The Morgan fingerprint density at radius 2 is 1.85 bits per heavy atom. The van der Waals surface area contributed by atoms with E-state index in [4.69, 9.17) is 0 Å². The Labute approximate surface area is 125 Å². The summed E-state index contributed by atoms with van der Waals surface area (Å²) in [7, 11) is 0. The van der Waals surface area contributed by atoms with Crippen LogP contribution >= 0.6 is 11.8 Å². The largest absolute Gasteiger partial charge is 0.480 e. The van der Waals surface area contributed by atoms with Crippen molar-refractivity contribution in [2.75, 3.05) is 12.0 Å². The van der Waals surface area contributed by atoms with Crippen molar-refractivity contribution in [3.05, 3.63) is 0 Å². The molecule has 0 aliphatic heterocycles. The van der Waals surface area contributed by atoms with Crippen molar-refractivity contribution in [3.63, 3.8) is 0 Å². The molecule has 6 heteroatoms. The van der Waals surface area contributed by atoms with Crippen LogP contribution in [0.4, 0.5) is 4.79 Å². The molecular formula is C14H26N2O3S. The van der Waals surface area contributed by atoms with Gasteiger partial charge >= 0.3 is 12.0 Å². The van der Waals surface area contributed by atoms with E-state index in [0.29, 0.717) is 12.8 Å². The molecule has 1 saturated carbocycles. The van der Waals surface area contributed by atoms with Gasteiger partial charge in [-0.15, -0.1) is 0 Å². The molecule has 0 heterocycles. The Morgan fingerprint density at radius 3 is 2.30 bits per heavy atom. The van der Waals surface area contributed by atoms with Gasteiger partial charge in [0.05, 0.1) is 0 Å². The van der Waals surface area contributed by atoms with Crippen LogP contribution in [0.5, 0.6) is 0 Å². The first kappa shape index (κ1) is 17.1. The number of aliphatic carboxylic acids is 1. The van der Waals surface area contributed by atoms with Crippen molar-refractivity contribution in [2.45, 2.75) is 63.5 Å². The highest BCUT2D eigenvalue weighted by molar-refractivity contribution is 7.98. The molecule has 0 aromatic carbocycles. The fourth-order valence-electron chi connectivity index (χ4n) is 2.63. The summed E-state index contributed by atoms with van der Waals surface area (Å²) in [6.07, 6.45) is 7.68. The maximum Gasteiger partial charge on any atom is 0.329 e. The monoisotopic (exact) mass is 302 g/mol. The lowest BCUT2D eigenvalue weighted by atomic mass is 9.90. The van der Waals surface area contributed by atoms with Crippen molar-refractivity contribution < 1.29 is 14.7 Å². The SMILES string of the molecule is CCC(CSC)NC(=O)NC1(C(=O)O)CCCCCC1. The quantitative estimate of drug-likeness (QED) is 0.659. The molecule has 5 nitrogen and oxygen atoms in total. The average Bonchev–Trinajstić information content (AvgIpc) is 2.64. The Morgan fingerprint density at radius 1 is 1.25 bits per heavy atom. The first-order chi connectivity index (χ1) is 9.54. The molecular weight excluding hydrogens is 276 g/mol. The van der Waals surface area contributed by atoms with E-state index in [1.807, 2.05) is 13.2 Å². The van der Waals surface area contributed by atoms with Crippen LogP contribution in [0, 0.1) is 0 Å². The number of thioether (sulfide) groups is 1. The highest BCUT2D eigenvalue weighted by Crippen LogP contribution is 2.27. The zero-order chi connectivity index (χ0) is 15.0. The molecule has 1 atom stereocenters. The van der Waals surface area contributed by atoms with E-state index in [9.17, 15) is 14.7 Å². The molecule has 0 radical (unpaired) electrons. The van der Waals surface area contributed by atoms with Crippen molar-refractivity contribution in [1.29, 1.82) is 0 Å². The van der Waals surface area contributed by atoms with E-state index < -0.39 is 11.5 Å². The van der Waals surface area contributed by atoms with Gasteiger partial charge in [-0.2, -0.15) is 11.8 Å². The van der Waals surface area contributed by atoms with Crippen LogP contribution < -0.4 is 10.6 Å². The number of rotatable bonds is 6. The third kappa shape index (κ3) is 4.89. The fraction of sp³-hybridized carbons (Fsp3) is 0.857. The van der Waals surface area contributed by atoms with Gasteiger partial charge in [0, 0.05) is 11.8 Å². The Balaban J connectivity index is 2.65. The molecule has 1 rings (SSSR count). The van der Waals surface area contributed by atoms with Gasteiger partial charge in [-0.3, -0.25) is 0 Å². The summed E-state index contributed by atoms with van der Waals surface area (Å²) in [5, 5.41) is 15.1. The summed E-state index contributed by atoms with van der Waals surface area (Å²) in [5.41, 5.74) is -1.09. The zero-order valence-electron chi connectivity index (χ0n) is 12.4. The van der Waals surface area contributed by atoms with E-state index in [1.165, 1.54) is 0 Å². The second kappa shape index (κ2) is 8.39. The molecule has 1 unspecified atom stereocenters. The third-order valence-electron chi connectivity index (χ3n) is 3.92. The number of carboxylic acids is 1. The lowest BCUT2D eigenvalue weighted by Crippen LogP contribution is -2.58. The van der Waals surface area contributed by atoms with Gasteiger partial charge in [-0.05, 0) is 25.5 Å². The molecule has 20 heavy (non-hydrogen) atoms. The van der Waals surface area contributed by atoms with Gasteiger partial charge in [-0.1, -0.05) is 32.6 Å². The molecule has 1 aliphatic carbocycles. The van der Waals surface area contributed by atoms with Crippen LogP contribution in [0.15, 0.2) is 0 Å². The lowest BCUT2D eigenvalue weighted by Gasteiger charge is -2.30. The smallest absolute Gasteiger partial charge is 0.329 e. The maximum absolute atomic E-state index is 12.1. The summed E-state index contributed by atoms with van der Waals surface area (Å²) in [6.45, 7) is 2.01. The van der Waals surface area contributed by atoms with Crippen LogP contribution in [0.25, 0.3) is 0 Å². The lowest BCUT2D eigenvalue weighted by molar-refractivity contribution is -0.145. The third-order valence-corrected chi connectivity index (χ3v) is 4.65. The van der Waals surface area contributed by atoms with E-state index in [-0.39, 0.29) is 12.1 Å². The molecule has 0 aromatic heterocycles.